The first-order valence-electron chi connectivity index (χ1n) is 12.3. The Hall–Kier alpha value is -1.75. The number of rotatable bonds is 9. The maximum absolute atomic E-state index is 13.0. The van der Waals surface area contributed by atoms with Gasteiger partial charge in [-0.1, -0.05) is 88.9 Å². The molecule has 3 aromatic carbocycles. The Morgan fingerprint density at radius 1 is 0.806 bits per heavy atom. The van der Waals surface area contributed by atoms with E-state index >= 15 is 0 Å². The fraction of sp³-hybridized carbons (Fsp3) is 0.345. The number of hydrogen-bond acceptors (Lipinski definition) is 2. The van der Waals surface area contributed by atoms with Crippen LogP contribution in [0.1, 0.15) is 29.5 Å². The molecule has 3 aromatic rings. The topological polar surface area (TPSA) is 32.3 Å². The second-order valence-electron chi connectivity index (χ2n) is 9.58. The van der Waals surface area contributed by atoms with Crippen LogP contribution in [-0.4, -0.2) is 36.5 Å². The van der Waals surface area contributed by atoms with E-state index in [9.17, 15) is 4.79 Å². The highest BCUT2D eigenvalue weighted by Gasteiger charge is 2.23. The van der Waals surface area contributed by atoms with E-state index in [4.69, 9.17) is 46.4 Å². The Labute approximate surface area is 233 Å². The number of hydrogen-bond donors (Lipinski definition) is 1. The minimum Gasteiger partial charge on any atom is -0.351 e. The van der Waals surface area contributed by atoms with Gasteiger partial charge in [-0.05, 0) is 85.6 Å². The second-order valence-corrected chi connectivity index (χ2v) is 11.2. The van der Waals surface area contributed by atoms with Crippen LogP contribution in [0.3, 0.4) is 0 Å². The molecule has 4 rings (SSSR count). The molecule has 0 spiro atoms. The SMILES string of the molecule is O=C(Cc1ccc(Cl)c(Cl)c1)NC(Cc1ccc(Cl)c(Cl)c1)CN1CCC(Cc2ccccc2)CC1. The standard InChI is InChI=1S/C29H30Cl4N2O/c30-25-8-6-22(16-27(25)32)15-24(34-29(36)18-23-7-9-26(31)28(33)17-23)19-35-12-10-21(11-13-35)14-20-4-2-1-3-5-20/h1-9,16-17,21,24H,10-15,18-19H2,(H,34,36). The first-order chi connectivity index (χ1) is 17.4. The van der Waals surface area contributed by atoms with Crippen LogP contribution in [0.2, 0.25) is 20.1 Å². The Morgan fingerprint density at radius 2 is 1.42 bits per heavy atom. The lowest BCUT2D eigenvalue weighted by Crippen LogP contribution is -2.47. The number of benzene rings is 3. The fourth-order valence-electron chi connectivity index (χ4n) is 4.86. The third-order valence-corrected chi connectivity index (χ3v) is 8.21. The summed E-state index contributed by atoms with van der Waals surface area (Å²) in [5, 5.41) is 5.23. The van der Waals surface area contributed by atoms with Gasteiger partial charge in [0.15, 0.2) is 0 Å². The van der Waals surface area contributed by atoms with E-state index in [0.29, 0.717) is 32.4 Å². The quantitative estimate of drug-likeness (QED) is 0.292. The summed E-state index contributed by atoms with van der Waals surface area (Å²) in [6.07, 6.45) is 4.36. The van der Waals surface area contributed by atoms with Crippen LogP contribution in [-0.2, 0) is 24.1 Å². The van der Waals surface area contributed by atoms with Crippen molar-refractivity contribution in [3.63, 3.8) is 0 Å². The molecule has 7 heteroatoms. The first kappa shape index (κ1) is 27.3. The van der Waals surface area contributed by atoms with Crippen LogP contribution in [0.4, 0.5) is 0 Å². The van der Waals surface area contributed by atoms with Crippen molar-refractivity contribution in [2.24, 2.45) is 5.92 Å². The number of carbonyl (C=O) groups excluding carboxylic acids is 1. The lowest BCUT2D eigenvalue weighted by atomic mass is 9.90. The third kappa shape index (κ3) is 8.13. The van der Waals surface area contributed by atoms with E-state index in [0.717, 1.165) is 50.0 Å². The smallest absolute Gasteiger partial charge is 0.224 e. The molecule has 1 N–H and O–H groups in total. The van der Waals surface area contributed by atoms with Gasteiger partial charge in [0.2, 0.25) is 5.91 Å². The van der Waals surface area contributed by atoms with Gasteiger partial charge < -0.3 is 10.2 Å². The predicted octanol–water partition coefficient (Wildman–Crippen LogP) is 7.52. The molecule has 1 aliphatic heterocycles. The summed E-state index contributed by atoms with van der Waals surface area (Å²) in [5.41, 5.74) is 3.28. The third-order valence-electron chi connectivity index (χ3n) is 6.73. The van der Waals surface area contributed by atoms with E-state index in [2.05, 4.69) is 40.5 Å². The minimum atomic E-state index is -0.0526. The van der Waals surface area contributed by atoms with Gasteiger partial charge in [0.1, 0.15) is 0 Å². The van der Waals surface area contributed by atoms with Gasteiger partial charge in [0.05, 0.1) is 26.5 Å². The predicted molar refractivity (Wildman–Crippen MR) is 152 cm³/mol. The Morgan fingerprint density at radius 3 is 2.06 bits per heavy atom. The summed E-state index contributed by atoms with van der Waals surface area (Å²) in [5.74, 6) is 0.652. The molecular weight excluding hydrogens is 534 g/mol. The van der Waals surface area contributed by atoms with Crippen molar-refractivity contribution in [2.75, 3.05) is 19.6 Å². The number of amides is 1. The number of nitrogens with one attached hydrogen (secondary N) is 1. The summed E-state index contributed by atoms with van der Waals surface area (Å²) < 4.78 is 0. The number of nitrogens with zero attached hydrogens (tertiary/aromatic N) is 1. The van der Waals surface area contributed by atoms with Crippen molar-refractivity contribution in [1.29, 1.82) is 0 Å². The van der Waals surface area contributed by atoms with Crippen LogP contribution in [0.5, 0.6) is 0 Å². The van der Waals surface area contributed by atoms with Crippen LogP contribution < -0.4 is 5.32 Å². The zero-order valence-electron chi connectivity index (χ0n) is 20.0. The number of piperidine rings is 1. The van der Waals surface area contributed by atoms with E-state index in [1.54, 1.807) is 12.1 Å². The van der Waals surface area contributed by atoms with Crippen LogP contribution >= 0.6 is 46.4 Å². The molecule has 1 unspecified atom stereocenters. The summed E-state index contributed by atoms with van der Waals surface area (Å²) >= 11 is 24.5. The maximum Gasteiger partial charge on any atom is 0.224 e. The summed E-state index contributed by atoms with van der Waals surface area (Å²) in [6.45, 7) is 2.83. The molecule has 0 bridgehead atoms. The van der Waals surface area contributed by atoms with Crippen LogP contribution in [0.15, 0.2) is 66.7 Å². The van der Waals surface area contributed by atoms with Gasteiger partial charge in [-0.15, -0.1) is 0 Å². The molecule has 36 heavy (non-hydrogen) atoms. The van der Waals surface area contributed by atoms with E-state index < -0.39 is 0 Å². The van der Waals surface area contributed by atoms with Crippen molar-refractivity contribution in [1.82, 2.24) is 10.2 Å². The van der Waals surface area contributed by atoms with Gasteiger partial charge in [-0.3, -0.25) is 4.79 Å². The molecule has 1 atom stereocenters. The molecule has 0 saturated carbocycles. The highest BCUT2D eigenvalue weighted by Crippen LogP contribution is 2.25. The summed E-state index contributed by atoms with van der Waals surface area (Å²) in [4.78, 5) is 15.4. The molecule has 0 aromatic heterocycles. The number of likely N-dealkylation sites (tertiary alicyclic amines) is 1. The van der Waals surface area contributed by atoms with Crippen molar-refractivity contribution in [2.45, 2.75) is 38.1 Å². The van der Waals surface area contributed by atoms with E-state index in [1.165, 1.54) is 5.56 Å². The highest BCUT2D eigenvalue weighted by molar-refractivity contribution is 6.42. The molecule has 1 amide bonds. The molecule has 1 aliphatic rings. The molecule has 1 saturated heterocycles. The zero-order chi connectivity index (χ0) is 25.5. The molecular formula is C29H30Cl4N2O. The first-order valence-corrected chi connectivity index (χ1v) is 13.8. The van der Waals surface area contributed by atoms with E-state index in [-0.39, 0.29) is 18.4 Å². The molecule has 190 valence electrons. The molecule has 0 radical (unpaired) electrons. The normalized spacial score (nSPS) is 15.6. The summed E-state index contributed by atoms with van der Waals surface area (Å²) in [6, 6.07) is 21.6. The Bertz CT molecular complexity index is 1160. The lowest BCUT2D eigenvalue weighted by Gasteiger charge is -2.34. The van der Waals surface area contributed by atoms with Gasteiger partial charge in [0, 0.05) is 12.6 Å². The Balaban J connectivity index is 1.38. The largest absolute Gasteiger partial charge is 0.351 e. The van der Waals surface area contributed by atoms with E-state index in [1.807, 2.05) is 24.3 Å². The fourth-order valence-corrected chi connectivity index (χ4v) is 5.50. The van der Waals surface area contributed by atoms with Crippen molar-refractivity contribution in [3.8, 4) is 0 Å². The summed E-state index contributed by atoms with van der Waals surface area (Å²) in [7, 11) is 0. The monoisotopic (exact) mass is 562 g/mol. The van der Waals surface area contributed by atoms with Gasteiger partial charge in [-0.25, -0.2) is 0 Å². The minimum absolute atomic E-state index is 0.0441. The van der Waals surface area contributed by atoms with Crippen LogP contribution in [0.25, 0.3) is 0 Å². The van der Waals surface area contributed by atoms with Gasteiger partial charge >= 0.3 is 0 Å². The zero-order valence-corrected chi connectivity index (χ0v) is 23.1. The average Bonchev–Trinajstić information content (AvgIpc) is 2.85. The molecule has 0 aliphatic carbocycles. The molecule has 3 nitrogen and oxygen atoms in total. The van der Waals surface area contributed by atoms with Crippen LogP contribution in [0, 0.1) is 5.92 Å². The second kappa shape index (κ2) is 13.2. The number of halogens is 4. The van der Waals surface area contributed by atoms with Gasteiger partial charge in [-0.2, -0.15) is 0 Å². The lowest BCUT2D eigenvalue weighted by molar-refractivity contribution is -0.121. The Kier molecular flexibility index (Phi) is 9.98. The van der Waals surface area contributed by atoms with Crippen molar-refractivity contribution in [3.05, 3.63) is 104 Å². The van der Waals surface area contributed by atoms with Crippen molar-refractivity contribution >= 4 is 52.3 Å². The maximum atomic E-state index is 13.0. The molecule has 1 heterocycles. The number of carbonyl (C=O) groups is 1. The highest BCUT2D eigenvalue weighted by atomic mass is 35.5. The van der Waals surface area contributed by atoms with Gasteiger partial charge in [0.25, 0.3) is 0 Å². The average molecular weight is 564 g/mol. The molecule has 1 fully saturated rings. The van der Waals surface area contributed by atoms with Crippen molar-refractivity contribution < 1.29 is 4.79 Å².